The van der Waals surface area contributed by atoms with E-state index in [1.54, 1.807) is 24.5 Å². The Bertz CT molecular complexity index is 465. The van der Waals surface area contributed by atoms with E-state index in [1.807, 2.05) is 0 Å². The molecule has 0 spiro atoms. The van der Waals surface area contributed by atoms with E-state index in [0.29, 0.717) is 12.4 Å². The molecule has 2 aromatic rings. The highest BCUT2D eigenvalue weighted by atomic mass is 16.6. The van der Waals surface area contributed by atoms with Crippen molar-refractivity contribution in [3.63, 3.8) is 0 Å². The molecule has 1 aromatic heterocycles. The number of nitro groups is 1. The van der Waals surface area contributed by atoms with Crippen LogP contribution in [0.15, 0.2) is 36.7 Å². The number of H-pyrrole nitrogens is 1. The first kappa shape index (κ1) is 10.2. The highest BCUT2D eigenvalue weighted by Gasteiger charge is 2.04. The fraction of sp³-hybridized carbons (Fsp3) is 0.100. The number of rotatable bonds is 4. The van der Waals surface area contributed by atoms with Gasteiger partial charge < -0.3 is 4.74 Å². The second-order valence-corrected chi connectivity index (χ2v) is 3.15. The molecule has 6 heteroatoms. The molecule has 0 amide bonds. The maximum Gasteiger partial charge on any atom is 0.269 e. The molecule has 0 unspecified atom stereocenters. The Kier molecular flexibility index (Phi) is 2.81. The molecule has 1 aromatic carbocycles. The largest absolute Gasteiger partial charge is 0.486 e. The normalized spacial score (nSPS) is 10.0. The zero-order chi connectivity index (χ0) is 11.4. The monoisotopic (exact) mass is 219 g/mol. The third kappa shape index (κ3) is 2.35. The van der Waals surface area contributed by atoms with Gasteiger partial charge in [-0.1, -0.05) is 0 Å². The van der Waals surface area contributed by atoms with Gasteiger partial charge in [-0.05, 0) is 17.7 Å². The summed E-state index contributed by atoms with van der Waals surface area (Å²) in [6.07, 6.45) is 3.19. The van der Waals surface area contributed by atoms with Crippen LogP contribution in [0.5, 0.6) is 5.75 Å². The third-order valence-electron chi connectivity index (χ3n) is 2.03. The minimum absolute atomic E-state index is 0.0760. The summed E-state index contributed by atoms with van der Waals surface area (Å²) in [5.74, 6) is 0.637. The molecule has 0 aliphatic rings. The Morgan fingerprint density at radius 2 is 2.12 bits per heavy atom. The molecular weight excluding hydrogens is 210 g/mol. The van der Waals surface area contributed by atoms with Gasteiger partial charge in [0.25, 0.3) is 5.69 Å². The van der Waals surface area contributed by atoms with Gasteiger partial charge >= 0.3 is 0 Å². The first-order chi connectivity index (χ1) is 7.75. The molecule has 6 nitrogen and oxygen atoms in total. The zero-order valence-corrected chi connectivity index (χ0v) is 8.29. The second-order valence-electron chi connectivity index (χ2n) is 3.15. The lowest BCUT2D eigenvalue weighted by atomic mass is 10.2. The molecule has 1 N–H and O–H groups in total. The van der Waals surface area contributed by atoms with E-state index in [1.165, 1.54) is 12.1 Å². The van der Waals surface area contributed by atoms with Crippen LogP contribution in [0.1, 0.15) is 5.56 Å². The minimum Gasteiger partial charge on any atom is -0.486 e. The van der Waals surface area contributed by atoms with Gasteiger partial charge in [0, 0.05) is 12.1 Å². The number of nitrogens with zero attached hydrogens (tertiary/aromatic N) is 2. The van der Waals surface area contributed by atoms with E-state index in [9.17, 15) is 10.1 Å². The third-order valence-corrected chi connectivity index (χ3v) is 2.03. The first-order valence-electron chi connectivity index (χ1n) is 4.60. The minimum atomic E-state index is -0.430. The molecular formula is C10H9N3O3. The zero-order valence-electron chi connectivity index (χ0n) is 8.29. The lowest BCUT2D eigenvalue weighted by Gasteiger charge is -2.02. The molecule has 82 valence electrons. The van der Waals surface area contributed by atoms with Crippen LogP contribution in [0.3, 0.4) is 0 Å². The van der Waals surface area contributed by atoms with E-state index >= 15 is 0 Å². The Labute approximate surface area is 91.0 Å². The number of ether oxygens (including phenoxy) is 1. The molecule has 0 aliphatic heterocycles. The Balaban J connectivity index is 1.98. The summed E-state index contributed by atoms with van der Waals surface area (Å²) < 4.78 is 5.37. The van der Waals surface area contributed by atoms with Gasteiger partial charge in [-0.2, -0.15) is 5.10 Å². The van der Waals surface area contributed by atoms with Crippen molar-refractivity contribution in [2.45, 2.75) is 6.61 Å². The summed E-state index contributed by atoms with van der Waals surface area (Å²) in [7, 11) is 0. The fourth-order valence-electron chi connectivity index (χ4n) is 1.20. The maximum atomic E-state index is 10.4. The van der Waals surface area contributed by atoms with E-state index in [4.69, 9.17) is 4.74 Å². The van der Waals surface area contributed by atoms with Crippen molar-refractivity contribution in [2.75, 3.05) is 0 Å². The second kappa shape index (κ2) is 4.43. The van der Waals surface area contributed by atoms with Crippen molar-refractivity contribution in [3.05, 3.63) is 52.3 Å². The summed E-state index contributed by atoms with van der Waals surface area (Å²) in [5, 5.41) is 16.8. The lowest BCUT2D eigenvalue weighted by Crippen LogP contribution is -1.95. The molecule has 2 rings (SSSR count). The number of non-ortho nitro benzene ring substituents is 1. The molecule has 0 saturated carbocycles. The SMILES string of the molecule is O=[N+]([O-])c1ccc(COc2cn[nH]c2)cc1. The van der Waals surface area contributed by atoms with Crippen LogP contribution in [0.4, 0.5) is 5.69 Å². The van der Waals surface area contributed by atoms with Gasteiger partial charge in [0.15, 0.2) is 5.75 Å². The number of aromatic amines is 1. The van der Waals surface area contributed by atoms with Crippen molar-refractivity contribution in [3.8, 4) is 5.75 Å². The number of hydrogen-bond donors (Lipinski definition) is 1. The highest BCUT2D eigenvalue weighted by molar-refractivity contribution is 5.32. The van der Waals surface area contributed by atoms with E-state index in [-0.39, 0.29) is 5.69 Å². The van der Waals surface area contributed by atoms with E-state index in [0.717, 1.165) is 5.56 Å². The molecule has 0 atom stereocenters. The van der Waals surface area contributed by atoms with Gasteiger partial charge in [-0.25, -0.2) is 0 Å². The average Bonchev–Trinajstić information content (AvgIpc) is 2.80. The van der Waals surface area contributed by atoms with Gasteiger partial charge in [0.05, 0.1) is 17.3 Å². The summed E-state index contributed by atoms with van der Waals surface area (Å²) >= 11 is 0. The van der Waals surface area contributed by atoms with Crippen molar-refractivity contribution < 1.29 is 9.66 Å². The summed E-state index contributed by atoms with van der Waals surface area (Å²) in [4.78, 5) is 9.99. The molecule has 1 heterocycles. The number of aromatic nitrogens is 2. The molecule has 0 saturated heterocycles. The molecule has 0 radical (unpaired) electrons. The van der Waals surface area contributed by atoms with Crippen LogP contribution in [0, 0.1) is 10.1 Å². The molecule has 0 aliphatic carbocycles. The standard InChI is InChI=1S/C10H9N3O3/c14-13(15)9-3-1-8(2-4-9)7-16-10-5-11-12-6-10/h1-6H,7H2,(H,11,12). The van der Waals surface area contributed by atoms with Crippen molar-refractivity contribution in [1.29, 1.82) is 0 Å². The summed E-state index contributed by atoms with van der Waals surface area (Å²) in [6, 6.07) is 6.23. The summed E-state index contributed by atoms with van der Waals surface area (Å²) in [5.41, 5.74) is 0.943. The average molecular weight is 219 g/mol. The van der Waals surface area contributed by atoms with Gasteiger partial charge in [-0.15, -0.1) is 0 Å². The topological polar surface area (TPSA) is 81.1 Å². The van der Waals surface area contributed by atoms with Crippen LogP contribution in [-0.4, -0.2) is 15.1 Å². The van der Waals surface area contributed by atoms with Gasteiger partial charge in [0.1, 0.15) is 6.61 Å². The Hall–Kier alpha value is -2.37. The van der Waals surface area contributed by atoms with Crippen LogP contribution in [0.2, 0.25) is 0 Å². The van der Waals surface area contributed by atoms with Gasteiger partial charge in [0.2, 0.25) is 0 Å². The van der Waals surface area contributed by atoms with Crippen LogP contribution >= 0.6 is 0 Å². The van der Waals surface area contributed by atoms with Crippen molar-refractivity contribution in [1.82, 2.24) is 10.2 Å². The highest BCUT2D eigenvalue weighted by Crippen LogP contribution is 2.14. The summed E-state index contributed by atoms with van der Waals surface area (Å²) in [6.45, 7) is 0.359. The maximum absolute atomic E-state index is 10.4. The van der Waals surface area contributed by atoms with Crippen LogP contribution < -0.4 is 4.74 Å². The fourth-order valence-corrected chi connectivity index (χ4v) is 1.20. The number of benzene rings is 1. The van der Waals surface area contributed by atoms with Crippen LogP contribution in [-0.2, 0) is 6.61 Å². The quantitative estimate of drug-likeness (QED) is 0.628. The number of nitro benzene ring substituents is 1. The van der Waals surface area contributed by atoms with Crippen LogP contribution in [0.25, 0.3) is 0 Å². The predicted molar refractivity (Wildman–Crippen MR) is 56.0 cm³/mol. The first-order valence-corrected chi connectivity index (χ1v) is 4.60. The van der Waals surface area contributed by atoms with Crippen molar-refractivity contribution >= 4 is 5.69 Å². The van der Waals surface area contributed by atoms with Crippen molar-refractivity contribution in [2.24, 2.45) is 0 Å². The Morgan fingerprint density at radius 1 is 1.38 bits per heavy atom. The molecule has 16 heavy (non-hydrogen) atoms. The number of hydrogen-bond acceptors (Lipinski definition) is 4. The predicted octanol–water partition coefficient (Wildman–Crippen LogP) is 1.90. The molecule has 0 fully saturated rings. The number of nitrogens with one attached hydrogen (secondary N) is 1. The Morgan fingerprint density at radius 3 is 2.69 bits per heavy atom. The lowest BCUT2D eigenvalue weighted by molar-refractivity contribution is -0.384. The van der Waals surface area contributed by atoms with E-state index < -0.39 is 4.92 Å². The van der Waals surface area contributed by atoms with Gasteiger partial charge in [-0.3, -0.25) is 15.2 Å². The smallest absolute Gasteiger partial charge is 0.269 e. The molecule has 0 bridgehead atoms. The van der Waals surface area contributed by atoms with E-state index in [2.05, 4.69) is 10.2 Å².